The maximum Gasteiger partial charge on any atom is -0.0169 e. The van der Waals surface area contributed by atoms with Crippen LogP contribution in [0.2, 0.25) is 0 Å². The van der Waals surface area contributed by atoms with Gasteiger partial charge in [-0.3, -0.25) is 0 Å². The van der Waals surface area contributed by atoms with Crippen molar-refractivity contribution >= 4 is 0 Å². The summed E-state index contributed by atoms with van der Waals surface area (Å²) < 4.78 is 0. The van der Waals surface area contributed by atoms with Gasteiger partial charge in [0, 0.05) is 0 Å². The molecule has 0 heteroatoms. The van der Waals surface area contributed by atoms with Crippen LogP contribution >= 0.6 is 0 Å². The van der Waals surface area contributed by atoms with Crippen molar-refractivity contribution in [3.05, 3.63) is 30.7 Å². The van der Waals surface area contributed by atoms with E-state index in [1.54, 1.807) is 0 Å². The van der Waals surface area contributed by atoms with Crippen LogP contribution in [0.4, 0.5) is 0 Å². The Labute approximate surface area is 63.6 Å². The summed E-state index contributed by atoms with van der Waals surface area (Å²) in [7, 11) is 0. The maximum absolute atomic E-state index is 2.38. The molecule has 1 rings (SSSR count). The summed E-state index contributed by atoms with van der Waals surface area (Å²) >= 11 is 0. The van der Waals surface area contributed by atoms with Gasteiger partial charge in [0.2, 0.25) is 0 Å². The lowest BCUT2D eigenvalue weighted by Gasteiger charge is -1.96. The van der Waals surface area contributed by atoms with Crippen LogP contribution in [0.25, 0.3) is 0 Å². The van der Waals surface area contributed by atoms with E-state index in [1.165, 1.54) is 25.7 Å². The minimum atomic E-state index is 1.12. The predicted molar refractivity (Wildman–Crippen MR) is 45.7 cm³/mol. The highest BCUT2D eigenvalue weighted by atomic mass is 13.9. The van der Waals surface area contributed by atoms with Gasteiger partial charge in [0.1, 0.15) is 0 Å². The van der Waals surface area contributed by atoms with Crippen molar-refractivity contribution in [2.24, 2.45) is 0 Å². The van der Waals surface area contributed by atoms with Gasteiger partial charge in [-0.15, -0.1) is 0 Å². The second-order valence-electron chi connectivity index (χ2n) is 2.62. The third-order valence-corrected chi connectivity index (χ3v) is 1.68. The Morgan fingerprint density at radius 3 is 1.80 bits per heavy atom. The lowest BCUT2D eigenvalue weighted by Crippen LogP contribution is -1.77. The van der Waals surface area contributed by atoms with Gasteiger partial charge in [-0.2, -0.15) is 0 Å². The molecule has 55 valence electrons. The van der Waals surface area contributed by atoms with Crippen molar-refractivity contribution in [2.75, 3.05) is 0 Å². The molecule has 0 spiro atoms. The van der Waals surface area contributed by atoms with E-state index in [4.69, 9.17) is 0 Å². The molecule has 0 unspecified atom stereocenters. The van der Waals surface area contributed by atoms with Crippen LogP contribution in [-0.4, -0.2) is 0 Å². The second-order valence-corrected chi connectivity index (χ2v) is 2.62. The van der Waals surface area contributed by atoms with E-state index in [1.807, 2.05) is 0 Å². The molecule has 0 heterocycles. The molecule has 0 aliphatic heterocycles. The van der Waals surface area contributed by atoms with E-state index in [2.05, 4.69) is 30.7 Å². The van der Waals surface area contributed by atoms with Crippen molar-refractivity contribution in [1.82, 2.24) is 0 Å². The van der Waals surface area contributed by atoms with E-state index in [-0.39, 0.29) is 0 Å². The van der Waals surface area contributed by atoms with E-state index < -0.39 is 0 Å². The van der Waals surface area contributed by atoms with Crippen molar-refractivity contribution in [3.63, 3.8) is 0 Å². The zero-order chi connectivity index (χ0) is 7.07. The first-order valence-electron chi connectivity index (χ1n) is 4.12. The molecule has 1 aliphatic carbocycles. The van der Waals surface area contributed by atoms with Gasteiger partial charge in [-0.1, -0.05) is 24.3 Å². The number of hydrogen-bond donors (Lipinski definition) is 0. The van der Waals surface area contributed by atoms with Crippen LogP contribution in [-0.2, 0) is 0 Å². The lowest BCUT2D eigenvalue weighted by molar-refractivity contribution is 0.850. The monoisotopic (exact) mass is 135 g/mol. The maximum atomic E-state index is 2.38. The SMILES string of the molecule is [CH]1CC/C=C\C/C=C\CC1. The summed E-state index contributed by atoms with van der Waals surface area (Å²) in [6.45, 7) is 0. The summed E-state index contributed by atoms with van der Waals surface area (Å²) in [6.07, 6.45) is 17.5. The first-order valence-corrected chi connectivity index (χ1v) is 4.12. The van der Waals surface area contributed by atoms with Gasteiger partial charge in [0.05, 0.1) is 0 Å². The predicted octanol–water partition coefficient (Wildman–Crippen LogP) is 3.27. The second kappa shape index (κ2) is 5.28. The standard InChI is InChI=1S/C10H15/c1-2-4-6-8-10-9-7-5-3-1/h1-2,5,7-8H,3-4,6,9-10H2/b2-1-,7-5-. The summed E-state index contributed by atoms with van der Waals surface area (Å²) in [5.41, 5.74) is 0. The van der Waals surface area contributed by atoms with E-state index >= 15 is 0 Å². The highest BCUT2D eigenvalue weighted by molar-refractivity contribution is 4.95. The zero-order valence-electron chi connectivity index (χ0n) is 6.42. The smallest absolute Gasteiger partial charge is 0.0169 e. The highest BCUT2D eigenvalue weighted by Gasteiger charge is 1.87. The van der Waals surface area contributed by atoms with Gasteiger partial charge in [0.25, 0.3) is 0 Å². The fraction of sp³-hybridized carbons (Fsp3) is 0.500. The molecule has 0 aromatic carbocycles. The van der Waals surface area contributed by atoms with E-state index in [9.17, 15) is 0 Å². The van der Waals surface area contributed by atoms with Crippen molar-refractivity contribution in [3.8, 4) is 0 Å². The van der Waals surface area contributed by atoms with Gasteiger partial charge in [-0.05, 0) is 38.5 Å². The molecule has 1 radical (unpaired) electrons. The molecule has 0 saturated heterocycles. The molecule has 0 saturated carbocycles. The Hall–Kier alpha value is -0.520. The van der Waals surface area contributed by atoms with Gasteiger partial charge in [0.15, 0.2) is 0 Å². The lowest BCUT2D eigenvalue weighted by atomic mass is 10.1. The average molecular weight is 135 g/mol. The van der Waals surface area contributed by atoms with Gasteiger partial charge in [-0.25, -0.2) is 0 Å². The van der Waals surface area contributed by atoms with Gasteiger partial charge < -0.3 is 0 Å². The molecular formula is C10H15. The van der Waals surface area contributed by atoms with Crippen molar-refractivity contribution < 1.29 is 0 Å². The van der Waals surface area contributed by atoms with Crippen LogP contribution in [0.15, 0.2) is 24.3 Å². The van der Waals surface area contributed by atoms with Crippen LogP contribution in [0.1, 0.15) is 32.1 Å². The average Bonchev–Trinajstić information content (AvgIpc) is 2.01. The van der Waals surface area contributed by atoms with Crippen molar-refractivity contribution in [1.29, 1.82) is 0 Å². The van der Waals surface area contributed by atoms with Crippen LogP contribution in [0.3, 0.4) is 0 Å². The molecule has 0 atom stereocenters. The zero-order valence-corrected chi connectivity index (χ0v) is 6.42. The Balaban J connectivity index is 2.25. The molecule has 10 heavy (non-hydrogen) atoms. The van der Waals surface area contributed by atoms with Crippen LogP contribution in [0.5, 0.6) is 0 Å². The summed E-state index contributed by atoms with van der Waals surface area (Å²) in [4.78, 5) is 0. The minimum absolute atomic E-state index is 1.12. The molecular weight excluding hydrogens is 120 g/mol. The van der Waals surface area contributed by atoms with E-state index in [0.717, 1.165) is 6.42 Å². The van der Waals surface area contributed by atoms with Crippen LogP contribution < -0.4 is 0 Å². The van der Waals surface area contributed by atoms with Gasteiger partial charge >= 0.3 is 0 Å². The highest BCUT2D eigenvalue weighted by Crippen LogP contribution is 2.05. The Kier molecular flexibility index (Phi) is 4.00. The Morgan fingerprint density at radius 2 is 1.20 bits per heavy atom. The molecule has 0 aromatic heterocycles. The number of allylic oxidation sites excluding steroid dienone is 4. The molecule has 0 fully saturated rings. The largest absolute Gasteiger partial charge is 0.0882 e. The molecule has 0 amide bonds. The first kappa shape index (κ1) is 7.59. The third-order valence-electron chi connectivity index (χ3n) is 1.68. The number of hydrogen-bond acceptors (Lipinski definition) is 0. The molecule has 1 aliphatic rings. The topological polar surface area (TPSA) is 0 Å². The van der Waals surface area contributed by atoms with E-state index in [0.29, 0.717) is 0 Å². The number of rotatable bonds is 0. The minimum Gasteiger partial charge on any atom is -0.0882 e. The first-order chi connectivity index (χ1) is 5.00. The summed E-state index contributed by atoms with van der Waals surface area (Å²) in [5.74, 6) is 0. The molecule has 0 nitrogen and oxygen atoms in total. The molecule has 0 aromatic rings. The quantitative estimate of drug-likeness (QED) is 0.447. The summed E-state index contributed by atoms with van der Waals surface area (Å²) in [5, 5.41) is 0. The molecule has 0 bridgehead atoms. The normalized spacial score (nSPS) is 27.2. The fourth-order valence-electron chi connectivity index (χ4n) is 1.08. The Bertz CT molecular complexity index is 106. The Morgan fingerprint density at radius 1 is 0.600 bits per heavy atom. The van der Waals surface area contributed by atoms with Crippen molar-refractivity contribution in [2.45, 2.75) is 32.1 Å². The molecule has 0 N–H and O–H groups in total. The third kappa shape index (κ3) is 3.49. The van der Waals surface area contributed by atoms with Crippen LogP contribution in [0, 0.1) is 6.42 Å². The summed E-state index contributed by atoms with van der Waals surface area (Å²) in [6, 6.07) is 0. The fourth-order valence-corrected chi connectivity index (χ4v) is 1.08.